The summed E-state index contributed by atoms with van der Waals surface area (Å²) in [7, 11) is 0. The Morgan fingerprint density at radius 3 is 2.00 bits per heavy atom. The lowest BCUT2D eigenvalue weighted by molar-refractivity contribution is 0.0548. The molecule has 1 heterocycles. The molecule has 4 nitrogen and oxygen atoms in total. The van der Waals surface area contributed by atoms with Crippen molar-refractivity contribution >= 4 is 5.97 Å². The normalized spacial score (nSPS) is 27.9. The minimum absolute atomic E-state index is 0.0486. The van der Waals surface area contributed by atoms with Gasteiger partial charge in [-0.3, -0.25) is 0 Å². The van der Waals surface area contributed by atoms with E-state index in [-0.39, 0.29) is 5.60 Å². The Balaban J connectivity index is 0.000000123. The van der Waals surface area contributed by atoms with E-state index in [0.29, 0.717) is 5.56 Å². The first-order chi connectivity index (χ1) is 7.47. The second-order valence-corrected chi connectivity index (χ2v) is 4.25. The third-order valence-corrected chi connectivity index (χ3v) is 2.92. The summed E-state index contributed by atoms with van der Waals surface area (Å²) in [4.78, 5) is 10.2. The lowest BCUT2D eigenvalue weighted by Gasteiger charge is -1.88. The van der Waals surface area contributed by atoms with Gasteiger partial charge in [-0.1, -0.05) is 18.2 Å². The fourth-order valence-corrected chi connectivity index (χ4v) is 1.62. The SMILES string of the molecule is CC1(O)OC12CC2.O=C(O)c1ccccc1. The highest BCUT2D eigenvalue weighted by Gasteiger charge is 2.74. The summed E-state index contributed by atoms with van der Waals surface area (Å²) >= 11 is 0. The highest BCUT2D eigenvalue weighted by Crippen LogP contribution is 2.62. The smallest absolute Gasteiger partial charge is 0.335 e. The second kappa shape index (κ2) is 3.57. The van der Waals surface area contributed by atoms with Gasteiger partial charge in [0, 0.05) is 0 Å². The number of benzene rings is 1. The minimum Gasteiger partial charge on any atom is -0.478 e. The molecule has 3 rings (SSSR count). The molecule has 1 atom stereocenters. The number of carboxylic acid groups (broad SMARTS) is 1. The fourth-order valence-electron chi connectivity index (χ4n) is 1.62. The molecular weight excluding hydrogens is 208 g/mol. The molecule has 0 aromatic heterocycles. The van der Waals surface area contributed by atoms with Crippen LogP contribution in [-0.2, 0) is 4.74 Å². The quantitative estimate of drug-likeness (QED) is 0.709. The molecular formula is C12H14O4. The Hall–Kier alpha value is -1.39. The summed E-state index contributed by atoms with van der Waals surface area (Å²) in [6, 6.07) is 8.30. The number of hydrogen-bond donors (Lipinski definition) is 2. The highest BCUT2D eigenvalue weighted by atomic mass is 16.8. The Kier molecular flexibility index (Phi) is 2.48. The molecule has 1 saturated carbocycles. The van der Waals surface area contributed by atoms with E-state index in [0.717, 1.165) is 12.8 Å². The highest BCUT2D eigenvalue weighted by molar-refractivity contribution is 5.87. The van der Waals surface area contributed by atoms with Gasteiger partial charge in [-0.25, -0.2) is 4.79 Å². The van der Waals surface area contributed by atoms with Crippen molar-refractivity contribution in [1.29, 1.82) is 0 Å². The van der Waals surface area contributed by atoms with Crippen LogP contribution in [0.2, 0.25) is 0 Å². The zero-order chi connectivity index (χ0) is 11.8. The van der Waals surface area contributed by atoms with Gasteiger partial charge in [0.25, 0.3) is 0 Å². The van der Waals surface area contributed by atoms with Crippen LogP contribution in [-0.4, -0.2) is 27.6 Å². The van der Waals surface area contributed by atoms with Crippen LogP contribution in [0.4, 0.5) is 0 Å². The van der Waals surface area contributed by atoms with Crippen LogP contribution in [0.3, 0.4) is 0 Å². The molecule has 0 amide bonds. The summed E-state index contributed by atoms with van der Waals surface area (Å²) < 4.78 is 4.96. The first-order valence-electron chi connectivity index (χ1n) is 5.18. The number of aromatic carboxylic acids is 1. The number of epoxide rings is 1. The van der Waals surface area contributed by atoms with E-state index in [1.54, 1.807) is 37.3 Å². The number of carboxylic acids is 1. The zero-order valence-electron chi connectivity index (χ0n) is 9.01. The van der Waals surface area contributed by atoms with Crippen molar-refractivity contribution in [3.63, 3.8) is 0 Å². The maximum Gasteiger partial charge on any atom is 0.335 e. The van der Waals surface area contributed by atoms with Crippen LogP contribution in [0.15, 0.2) is 30.3 Å². The van der Waals surface area contributed by atoms with Gasteiger partial charge in [0.1, 0.15) is 5.60 Å². The summed E-state index contributed by atoms with van der Waals surface area (Å²) in [6.45, 7) is 1.72. The van der Waals surface area contributed by atoms with Crippen molar-refractivity contribution in [1.82, 2.24) is 0 Å². The number of carbonyl (C=O) groups is 1. The van der Waals surface area contributed by atoms with Crippen LogP contribution in [0.1, 0.15) is 30.1 Å². The molecule has 86 valence electrons. The van der Waals surface area contributed by atoms with Gasteiger partial charge < -0.3 is 14.9 Å². The molecule has 2 fully saturated rings. The lowest BCUT2D eigenvalue weighted by Crippen LogP contribution is -2.06. The number of ether oxygens (including phenoxy) is 1. The van der Waals surface area contributed by atoms with Crippen LogP contribution in [0, 0.1) is 0 Å². The van der Waals surface area contributed by atoms with E-state index >= 15 is 0 Å². The molecule has 2 N–H and O–H groups in total. The average Bonchev–Trinajstić information content (AvgIpc) is 3.10. The van der Waals surface area contributed by atoms with E-state index in [1.165, 1.54) is 0 Å². The lowest BCUT2D eigenvalue weighted by atomic mass is 10.2. The Labute approximate surface area is 93.5 Å². The number of rotatable bonds is 1. The maximum atomic E-state index is 10.2. The molecule has 0 radical (unpaired) electrons. The van der Waals surface area contributed by atoms with Gasteiger partial charge in [-0.2, -0.15) is 0 Å². The number of aliphatic hydroxyl groups is 1. The molecule has 1 aliphatic heterocycles. The average molecular weight is 222 g/mol. The van der Waals surface area contributed by atoms with Crippen LogP contribution in [0.25, 0.3) is 0 Å². The van der Waals surface area contributed by atoms with Gasteiger partial charge in [-0.05, 0) is 31.9 Å². The molecule has 1 unspecified atom stereocenters. The fraction of sp³-hybridized carbons (Fsp3) is 0.417. The van der Waals surface area contributed by atoms with E-state index < -0.39 is 11.8 Å². The van der Waals surface area contributed by atoms with Crippen molar-refractivity contribution in [3.05, 3.63) is 35.9 Å². The van der Waals surface area contributed by atoms with E-state index in [1.807, 2.05) is 0 Å². The molecule has 4 heteroatoms. The topological polar surface area (TPSA) is 70.1 Å². The standard InChI is InChI=1S/C7H6O2.C5H8O2/c8-7(9)6-4-2-1-3-5-6;1-4(6)5(7-4)2-3-5/h1-5H,(H,8,9);6H,2-3H2,1H3. The molecule has 1 saturated heterocycles. The molecule has 2 aliphatic rings. The van der Waals surface area contributed by atoms with Gasteiger partial charge in [-0.15, -0.1) is 0 Å². The Morgan fingerprint density at radius 2 is 1.81 bits per heavy atom. The molecule has 1 aromatic carbocycles. The molecule has 16 heavy (non-hydrogen) atoms. The van der Waals surface area contributed by atoms with Gasteiger partial charge >= 0.3 is 5.97 Å². The minimum atomic E-state index is -0.879. The van der Waals surface area contributed by atoms with E-state index in [2.05, 4.69) is 0 Å². The van der Waals surface area contributed by atoms with Crippen molar-refractivity contribution in [2.75, 3.05) is 0 Å². The van der Waals surface area contributed by atoms with E-state index in [4.69, 9.17) is 14.9 Å². The second-order valence-electron chi connectivity index (χ2n) is 4.25. The monoisotopic (exact) mass is 222 g/mol. The predicted molar refractivity (Wildman–Crippen MR) is 57.1 cm³/mol. The van der Waals surface area contributed by atoms with Crippen molar-refractivity contribution in [2.24, 2.45) is 0 Å². The third-order valence-electron chi connectivity index (χ3n) is 2.92. The maximum absolute atomic E-state index is 10.2. The van der Waals surface area contributed by atoms with E-state index in [9.17, 15) is 4.79 Å². The van der Waals surface area contributed by atoms with Gasteiger partial charge in [0.05, 0.1) is 5.56 Å². The first kappa shape index (κ1) is 11.1. The molecule has 1 aliphatic carbocycles. The zero-order valence-corrected chi connectivity index (χ0v) is 9.01. The Bertz CT molecular complexity index is 391. The van der Waals surface area contributed by atoms with Crippen molar-refractivity contribution in [3.8, 4) is 0 Å². The number of hydrogen-bond acceptors (Lipinski definition) is 3. The van der Waals surface area contributed by atoms with Crippen LogP contribution < -0.4 is 0 Å². The molecule has 1 spiro atoms. The summed E-state index contributed by atoms with van der Waals surface area (Å²) in [5, 5.41) is 17.4. The van der Waals surface area contributed by atoms with Gasteiger partial charge in [0.15, 0.2) is 5.79 Å². The van der Waals surface area contributed by atoms with Gasteiger partial charge in [0.2, 0.25) is 0 Å². The first-order valence-corrected chi connectivity index (χ1v) is 5.18. The molecule has 0 bridgehead atoms. The largest absolute Gasteiger partial charge is 0.478 e. The van der Waals surface area contributed by atoms with Crippen LogP contribution in [0.5, 0.6) is 0 Å². The predicted octanol–water partition coefficient (Wildman–Crippen LogP) is 1.64. The Morgan fingerprint density at radius 1 is 1.31 bits per heavy atom. The van der Waals surface area contributed by atoms with Crippen molar-refractivity contribution in [2.45, 2.75) is 31.2 Å². The summed E-state index contributed by atoms with van der Waals surface area (Å²) in [5.74, 6) is -1.62. The van der Waals surface area contributed by atoms with Crippen molar-refractivity contribution < 1.29 is 19.7 Å². The molecule has 1 aromatic rings. The third kappa shape index (κ3) is 2.08. The summed E-state index contributed by atoms with van der Waals surface area (Å²) in [6.07, 6.45) is 2.11. The summed E-state index contributed by atoms with van der Waals surface area (Å²) in [5.41, 5.74) is 0.282. The van der Waals surface area contributed by atoms with Crippen LogP contribution >= 0.6 is 0 Å².